The highest BCUT2D eigenvalue weighted by Gasteiger charge is 2.37. The lowest BCUT2D eigenvalue weighted by Crippen LogP contribution is -2.21. The van der Waals surface area contributed by atoms with E-state index in [1.54, 1.807) is 0 Å². The number of hydrogen-bond donors (Lipinski definition) is 1. The molecule has 0 bridgehead atoms. The van der Waals surface area contributed by atoms with Crippen LogP contribution in [0.2, 0.25) is 0 Å². The zero-order chi connectivity index (χ0) is 11.5. The van der Waals surface area contributed by atoms with Gasteiger partial charge in [-0.15, -0.1) is 10.2 Å². The standard InChI is InChI=1S/C7H10F3N3S2/c1-3-11-5-12-13-6(15-5)14-4(2)7(8,9)10/h4H,3H2,1-2H3,(H,11,12)/t4-/m1/s1. The van der Waals surface area contributed by atoms with Crippen LogP contribution < -0.4 is 5.32 Å². The third kappa shape index (κ3) is 3.86. The van der Waals surface area contributed by atoms with Crippen molar-refractivity contribution in [1.29, 1.82) is 0 Å². The van der Waals surface area contributed by atoms with Gasteiger partial charge in [0.15, 0.2) is 4.34 Å². The second kappa shape index (κ2) is 5.02. The van der Waals surface area contributed by atoms with E-state index in [0.29, 0.717) is 27.8 Å². The minimum Gasteiger partial charge on any atom is -0.360 e. The lowest BCUT2D eigenvalue weighted by molar-refractivity contribution is -0.125. The van der Waals surface area contributed by atoms with Gasteiger partial charge in [-0.2, -0.15) is 13.2 Å². The second-order valence-electron chi connectivity index (χ2n) is 2.71. The van der Waals surface area contributed by atoms with Crippen LogP contribution in [0.5, 0.6) is 0 Å². The van der Waals surface area contributed by atoms with Gasteiger partial charge >= 0.3 is 6.18 Å². The quantitative estimate of drug-likeness (QED) is 0.841. The minimum atomic E-state index is -4.20. The molecule has 3 nitrogen and oxygen atoms in total. The Labute approximate surface area is 93.5 Å². The second-order valence-corrected chi connectivity index (χ2v) is 5.27. The Morgan fingerprint density at radius 1 is 1.47 bits per heavy atom. The predicted molar refractivity (Wildman–Crippen MR) is 55.4 cm³/mol. The van der Waals surface area contributed by atoms with Crippen LogP contribution in [0.15, 0.2) is 4.34 Å². The summed E-state index contributed by atoms with van der Waals surface area (Å²) in [6.45, 7) is 3.67. The van der Waals surface area contributed by atoms with Crippen molar-refractivity contribution in [3.8, 4) is 0 Å². The molecule has 0 aliphatic carbocycles. The average Bonchev–Trinajstić information content (AvgIpc) is 2.51. The van der Waals surface area contributed by atoms with Crippen molar-refractivity contribution < 1.29 is 13.2 Å². The highest BCUT2D eigenvalue weighted by atomic mass is 32.2. The number of rotatable bonds is 4. The van der Waals surface area contributed by atoms with Gasteiger partial charge in [-0.05, 0) is 13.8 Å². The summed E-state index contributed by atoms with van der Waals surface area (Å²) >= 11 is 1.81. The van der Waals surface area contributed by atoms with Crippen LogP contribution in [-0.4, -0.2) is 28.2 Å². The van der Waals surface area contributed by atoms with Gasteiger partial charge in [-0.25, -0.2) is 0 Å². The highest BCUT2D eigenvalue weighted by Crippen LogP contribution is 2.36. The van der Waals surface area contributed by atoms with E-state index in [-0.39, 0.29) is 0 Å². The molecule has 1 aromatic rings. The number of anilines is 1. The molecule has 1 atom stereocenters. The van der Waals surface area contributed by atoms with Crippen LogP contribution in [0, 0.1) is 0 Å². The molecule has 1 rings (SSSR count). The molecule has 1 N–H and O–H groups in total. The van der Waals surface area contributed by atoms with E-state index < -0.39 is 11.4 Å². The van der Waals surface area contributed by atoms with E-state index >= 15 is 0 Å². The van der Waals surface area contributed by atoms with Crippen molar-refractivity contribution in [1.82, 2.24) is 10.2 Å². The molecular formula is C7H10F3N3S2. The van der Waals surface area contributed by atoms with Crippen LogP contribution in [0.25, 0.3) is 0 Å². The van der Waals surface area contributed by atoms with Crippen molar-refractivity contribution in [3.63, 3.8) is 0 Å². The monoisotopic (exact) mass is 257 g/mol. The molecule has 86 valence electrons. The molecule has 0 unspecified atom stereocenters. The SMILES string of the molecule is CCNc1nnc(S[C@H](C)C(F)(F)F)s1. The van der Waals surface area contributed by atoms with Crippen molar-refractivity contribution in [3.05, 3.63) is 0 Å². The molecule has 1 heterocycles. The van der Waals surface area contributed by atoms with E-state index in [4.69, 9.17) is 0 Å². The number of halogens is 3. The fraction of sp³-hybridized carbons (Fsp3) is 0.714. The molecule has 0 aliphatic heterocycles. The number of thioether (sulfide) groups is 1. The summed E-state index contributed by atoms with van der Waals surface area (Å²) in [5, 5.41) is 9.35. The maximum Gasteiger partial charge on any atom is 0.400 e. The van der Waals surface area contributed by atoms with Gasteiger partial charge in [-0.1, -0.05) is 23.1 Å². The lowest BCUT2D eigenvalue weighted by Gasteiger charge is -2.12. The predicted octanol–water partition coefficient (Wildman–Crippen LogP) is 3.01. The first-order valence-corrected chi connectivity index (χ1v) is 5.94. The summed E-state index contributed by atoms with van der Waals surface area (Å²) < 4.78 is 37.0. The molecule has 0 saturated heterocycles. The molecule has 8 heteroatoms. The Hall–Kier alpha value is -0.500. The third-order valence-electron chi connectivity index (χ3n) is 1.47. The maximum atomic E-state index is 12.2. The van der Waals surface area contributed by atoms with Gasteiger partial charge < -0.3 is 5.32 Å². The summed E-state index contributed by atoms with van der Waals surface area (Å²) in [6.07, 6.45) is -4.20. The zero-order valence-corrected chi connectivity index (χ0v) is 9.76. The maximum absolute atomic E-state index is 12.2. The van der Waals surface area contributed by atoms with Gasteiger partial charge in [0.25, 0.3) is 0 Å². The Kier molecular flexibility index (Phi) is 4.21. The average molecular weight is 257 g/mol. The first-order chi connectivity index (χ1) is 6.93. The van der Waals surface area contributed by atoms with E-state index in [0.717, 1.165) is 18.3 Å². The minimum absolute atomic E-state index is 0.329. The van der Waals surface area contributed by atoms with Crippen molar-refractivity contribution in [2.45, 2.75) is 29.6 Å². The summed E-state index contributed by atoms with van der Waals surface area (Å²) in [6, 6.07) is 0. The van der Waals surface area contributed by atoms with E-state index in [9.17, 15) is 13.2 Å². The topological polar surface area (TPSA) is 37.8 Å². The molecule has 0 fully saturated rings. The molecule has 0 radical (unpaired) electrons. The smallest absolute Gasteiger partial charge is 0.360 e. The number of nitrogens with zero attached hydrogens (tertiary/aromatic N) is 2. The number of nitrogens with one attached hydrogen (secondary N) is 1. The number of hydrogen-bond acceptors (Lipinski definition) is 5. The van der Waals surface area contributed by atoms with Gasteiger partial charge in [0, 0.05) is 6.54 Å². The van der Waals surface area contributed by atoms with Gasteiger partial charge in [0.2, 0.25) is 5.13 Å². The number of alkyl halides is 3. The van der Waals surface area contributed by atoms with Gasteiger partial charge in [0.05, 0.1) is 0 Å². The third-order valence-corrected chi connectivity index (χ3v) is 3.59. The molecule has 0 aliphatic rings. The van der Waals surface area contributed by atoms with Crippen molar-refractivity contribution >= 4 is 28.2 Å². The van der Waals surface area contributed by atoms with E-state index in [1.807, 2.05) is 6.92 Å². The summed E-state index contributed by atoms with van der Waals surface area (Å²) in [5.74, 6) is 0. The van der Waals surface area contributed by atoms with Crippen LogP contribution in [-0.2, 0) is 0 Å². The first kappa shape index (κ1) is 12.6. The Morgan fingerprint density at radius 2 is 2.13 bits per heavy atom. The molecule has 0 aromatic carbocycles. The molecule has 0 saturated carbocycles. The van der Waals surface area contributed by atoms with E-state index in [2.05, 4.69) is 15.5 Å². The van der Waals surface area contributed by atoms with Crippen LogP contribution >= 0.6 is 23.1 Å². The van der Waals surface area contributed by atoms with Crippen molar-refractivity contribution in [2.24, 2.45) is 0 Å². The summed E-state index contributed by atoms with van der Waals surface area (Å²) in [5.41, 5.74) is 0. The Morgan fingerprint density at radius 3 is 2.67 bits per heavy atom. The molecular weight excluding hydrogens is 247 g/mol. The fourth-order valence-corrected chi connectivity index (χ4v) is 2.63. The molecule has 0 spiro atoms. The lowest BCUT2D eigenvalue weighted by atomic mass is 10.5. The van der Waals surface area contributed by atoms with Gasteiger partial charge in [0.1, 0.15) is 5.25 Å². The van der Waals surface area contributed by atoms with E-state index in [1.165, 1.54) is 0 Å². The van der Waals surface area contributed by atoms with Crippen LogP contribution in [0.3, 0.4) is 0 Å². The van der Waals surface area contributed by atoms with Crippen molar-refractivity contribution in [2.75, 3.05) is 11.9 Å². The first-order valence-electron chi connectivity index (χ1n) is 4.24. The molecule has 1 aromatic heterocycles. The van der Waals surface area contributed by atoms with Gasteiger partial charge in [-0.3, -0.25) is 0 Å². The fourth-order valence-electron chi connectivity index (χ4n) is 0.698. The summed E-state index contributed by atoms with van der Waals surface area (Å²) in [7, 11) is 0. The summed E-state index contributed by atoms with van der Waals surface area (Å²) in [4.78, 5) is 0. The number of aromatic nitrogens is 2. The highest BCUT2D eigenvalue weighted by molar-refractivity contribution is 8.01. The van der Waals surface area contributed by atoms with Crippen LogP contribution in [0.4, 0.5) is 18.3 Å². The molecule has 15 heavy (non-hydrogen) atoms. The van der Waals surface area contributed by atoms with Crippen LogP contribution in [0.1, 0.15) is 13.8 Å². The Balaban J connectivity index is 2.57. The molecule has 0 amide bonds. The zero-order valence-electron chi connectivity index (χ0n) is 8.13. The Bertz CT molecular complexity index is 313. The normalized spacial score (nSPS) is 13.9. The largest absolute Gasteiger partial charge is 0.400 e.